The number of pyridine rings is 1. The molecule has 0 spiro atoms. The lowest BCUT2D eigenvalue weighted by Crippen LogP contribution is -2.59. The fourth-order valence-electron chi connectivity index (χ4n) is 2.67. The second-order valence-corrected chi connectivity index (χ2v) is 8.21. The molecule has 1 amide bonds. The van der Waals surface area contributed by atoms with Crippen molar-refractivity contribution < 1.29 is 17.6 Å². The van der Waals surface area contributed by atoms with Crippen LogP contribution in [0.15, 0.2) is 53.7 Å². The van der Waals surface area contributed by atoms with Gasteiger partial charge in [-0.25, -0.2) is 12.8 Å². The zero-order valence-corrected chi connectivity index (χ0v) is 14.0. The average molecular weight is 348 g/mol. The van der Waals surface area contributed by atoms with Crippen molar-refractivity contribution >= 4 is 15.7 Å². The van der Waals surface area contributed by atoms with Gasteiger partial charge in [0.15, 0.2) is 9.84 Å². The number of halogens is 1. The fourth-order valence-corrected chi connectivity index (χ4v) is 3.99. The minimum absolute atomic E-state index is 0.0624. The van der Waals surface area contributed by atoms with Gasteiger partial charge < -0.3 is 4.90 Å². The summed E-state index contributed by atoms with van der Waals surface area (Å²) in [6.07, 6.45) is 3.09. The number of nitrogens with zero attached hydrogens (tertiary/aromatic N) is 2. The highest BCUT2D eigenvalue weighted by molar-refractivity contribution is 7.90. The number of hydrogen-bond donors (Lipinski definition) is 0. The van der Waals surface area contributed by atoms with Gasteiger partial charge in [-0.3, -0.25) is 9.78 Å². The van der Waals surface area contributed by atoms with E-state index in [4.69, 9.17) is 0 Å². The van der Waals surface area contributed by atoms with Crippen molar-refractivity contribution in [3.8, 4) is 0 Å². The topological polar surface area (TPSA) is 67.3 Å². The normalized spacial score (nSPS) is 16.5. The van der Waals surface area contributed by atoms with E-state index in [9.17, 15) is 17.6 Å². The Labute approximate surface area is 140 Å². The summed E-state index contributed by atoms with van der Waals surface area (Å²) >= 11 is 0. The maximum Gasteiger partial charge on any atom is 0.254 e. The van der Waals surface area contributed by atoms with E-state index in [1.165, 1.54) is 42.3 Å². The van der Waals surface area contributed by atoms with Crippen LogP contribution >= 0.6 is 0 Å². The summed E-state index contributed by atoms with van der Waals surface area (Å²) in [4.78, 5) is 17.6. The van der Waals surface area contributed by atoms with Crippen LogP contribution in [0, 0.1) is 0 Å². The molecule has 0 aliphatic carbocycles. The van der Waals surface area contributed by atoms with Crippen molar-refractivity contribution in [2.45, 2.75) is 23.2 Å². The zero-order chi connectivity index (χ0) is 17.4. The molecule has 0 radical (unpaired) electrons. The molecule has 1 saturated heterocycles. The number of benzene rings is 1. The minimum Gasteiger partial charge on any atom is -0.332 e. The Bertz CT molecular complexity index is 841. The van der Waals surface area contributed by atoms with Gasteiger partial charge in [-0.2, -0.15) is 0 Å². The Morgan fingerprint density at radius 2 is 1.92 bits per heavy atom. The molecule has 1 aromatic carbocycles. The summed E-state index contributed by atoms with van der Waals surface area (Å²) < 4.78 is 38.3. The third-order valence-electron chi connectivity index (χ3n) is 3.87. The molecule has 1 fully saturated rings. The number of carbonyl (C=O) groups is 1. The number of alkyl halides is 1. The number of sulfone groups is 1. The van der Waals surface area contributed by atoms with Gasteiger partial charge in [-0.1, -0.05) is 6.07 Å². The number of likely N-dealkylation sites (tertiary alicyclic amines) is 1. The number of rotatable bonds is 4. The van der Waals surface area contributed by atoms with Crippen LogP contribution in [0.5, 0.6) is 0 Å². The maximum atomic E-state index is 13.5. The molecule has 0 bridgehead atoms. The van der Waals surface area contributed by atoms with Crippen molar-refractivity contribution in [2.75, 3.05) is 13.1 Å². The quantitative estimate of drug-likeness (QED) is 0.850. The molecule has 1 aliphatic heterocycles. The van der Waals surface area contributed by atoms with Crippen molar-refractivity contribution in [1.29, 1.82) is 0 Å². The second-order valence-electron chi connectivity index (χ2n) is 6.22. The summed E-state index contributed by atoms with van der Waals surface area (Å²) in [6, 6.07) is 9.12. The molecule has 1 aliphatic rings. The summed E-state index contributed by atoms with van der Waals surface area (Å²) in [5, 5.41) is 0. The van der Waals surface area contributed by atoms with Gasteiger partial charge in [0.25, 0.3) is 5.91 Å². The molecule has 24 heavy (non-hydrogen) atoms. The van der Waals surface area contributed by atoms with Gasteiger partial charge in [0.1, 0.15) is 5.67 Å². The van der Waals surface area contributed by atoms with Crippen molar-refractivity contribution in [3.05, 3.63) is 59.9 Å². The van der Waals surface area contributed by atoms with E-state index in [1.54, 1.807) is 18.3 Å². The average Bonchev–Trinajstić information content (AvgIpc) is 2.52. The van der Waals surface area contributed by atoms with Crippen molar-refractivity contribution in [3.63, 3.8) is 0 Å². The van der Waals surface area contributed by atoms with Gasteiger partial charge in [-0.15, -0.1) is 0 Å². The maximum absolute atomic E-state index is 13.5. The van der Waals surface area contributed by atoms with E-state index >= 15 is 0 Å². The van der Waals surface area contributed by atoms with Gasteiger partial charge in [-0.05, 0) is 42.8 Å². The molecule has 7 heteroatoms. The van der Waals surface area contributed by atoms with Crippen LogP contribution in [0.25, 0.3) is 0 Å². The largest absolute Gasteiger partial charge is 0.332 e. The molecule has 126 valence electrons. The highest BCUT2D eigenvalue weighted by Gasteiger charge is 2.41. The molecule has 2 aromatic rings. The summed E-state index contributed by atoms with van der Waals surface area (Å²) in [7, 11) is -3.51. The standard InChI is InChI=1S/C17H17FN2O3S/c1-17(18)11-20(12-17)16(21)14-4-6-15(7-5-14)24(22,23)10-13-3-2-8-19-9-13/h2-9H,10-12H2,1H3. The van der Waals surface area contributed by atoms with Crippen LogP contribution < -0.4 is 0 Å². The lowest BCUT2D eigenvalue weighted by Gasteiger charge is -2.42. The molecular weight excluding hydrogens is 331 g/mol. The Morgan fingerprint density at radius 3 is 2.46 bits per heavy atom. The third-order valence-corrected chi connectivity index (χ3v) is 5.57. The van der Waals surface area contributed by atoms with Crippen LogP contribution in [-0.4, -0.2) is 43.0 Å². The molecule has 3 rings (SSSR count). The van der Waals surface area contributed by atoms with Crippen LogP contribution in [-0.2, 0) is 15.6 Å². The predicted octanol–water partition coefficient (Wildman–Crippen LogP) is 2.24. The van der Waals surface area contributed by atoms with Crippen molar-refractivity contribution in [1.82, 2.24) is 9.88 Å². The molecule has 0 unspecified atom stereocenters. The Kier molecular flexibility index (Phi) is 4.13. The Hall–Kier alpha value is -2.28. The molecule has 0 atom stereocenters. The van der Waals surface area contributed by atoms with Crippen molar-refractivity contribution in [2.24, 2.45) is 0 Å². The van der Waals surface area contributed by atoms with E-state index in [-0.39, 0.29) is 29.6 Å². The third kappa shape index (κ3) is 3.46. The molecule has 0 N–H and O–H groups in total. The Balaban J connectivity index is 1.73. The molecule has 5 nitrogen and oxygen atoms in total. The molecule has 0 saturated carbocycles. The number of amides is 1. The first-order valence-electron chi connectivity index (χ1n) is 7.47. The van der Waals surface area contributed by atoms with Gasteiger partial charge >= 0.3 is 0 Å². The SMILES string of the molecule is CC1(F)CN(C(=O)c2ccc(S(=O)(=O)Cc3cccnc3)cc2)C1. The van der Waals surface area contributed by atoms with Crippen LogP contribution in [0.3, 0.4) is 0 Å². The number of aromatic nitrogens is 1. The van der Waals surface area contributed by atoms with Crippen LogP contribution in [0.2, 0.25) is 0 Å². The molecule has 1 aromatic heterocycles. The first-order valence-corrected chi connectivity index (χ1v) is 9.12. The zero-order valence-electron chi connectivity index (χ0n) is 13.1. The van der Waals surface area contributed by atoms with Crippen LogP contribution in [0.4, 0.5) is 4.39 Å². The monoisotopic (exact) mass is 348 g/mol. The second kappa shape index (κ2) is 5.98. The number of hydrogen-bond acceptors (Lipinski definition) is 4. The summed E-state index contributed by atoms with van der Waals surface area (Å²) in [6.45, 7) is 1.57. The Morgan fingerprint density at radius 1 is 1.25 bits per heavy atom. The molecule has 2 heterocycles. The fraction of sp³-hybridized carbons (Fsp3) is 0.294. The first-order chi connectivity index (χ1) is 11.3. The van der Waals surface area contributed by atoms with Gasteiger partial charge in [0, 0.05) is 18.0 Å². The van der Waals surface area contributed by atoms with E-state index in [2.05, 4.69) is 4.98 Å². The van der Waals surface area contributed by atoms with E-state index in [0.717, 1.165) is 0 Å². The minimum atomic E-state index is -3.51. The smallest absolute Gasteiger partial charge is 0.254 e. The van der Waals surface area contributed by atoms with E-state index in [0.29, 0.717) is 11.1 Å². The van der Waals surface area contributed by atoms with Crippen LogP contribution in [0.1, 0.15) is 22.8 Å². The molecular formula is C17H17FN2O3S. The van der Waals surface area contributed by atoms with Gasteiger partial charge in [0.05, 0.1) is 23.7 Å². The first kappa shape index (κ1) is 16.6. The highest BCUT2D eigenvalue weighted by Crippen LogP contribution is 2.26. The highest BCUT2D eigenvalue weighted by atomic mass is 32.2. The predicted molar refractivity (Wildman–Crippen MR) is 87.0 cm³/mol. The number of carbonyl (C=O) groups excluding carboxylic acids is 1. The summed E-state index contributed by atoms with van der Waals surface area (Å²) in [5.74, 6) is -0.443. The van der Waals surface area contributed by atoms with E-state index in [1.807, 2.05) is 0 Å². The van der Waals surface area contributed by atoms with E-state index < -0.39 is 15.5 Å². The lowest BCUT2D eigenvalue weighted by atomic mass is 9.98. The van der Waals surface area contributed by atoms with Gasteiger partial charge in [0.2, 0.25) is 0 Å². The lowest BCUT2D eigenvalue weighted by molar-refractivity contribution is -0.00786. The summed E-state index contributed by atoms with van der Waals surface area (Å²) in [5.41, 5.74) is -0.380.